The Hall–Kier alpha value is -1.60. The molecule has 0 unspecified atom stereocenters. The van der Waals surface area contributed by atoms with Gasteiger partial charge in [0, 0.05) is 12.2 Å². The fraction of sp³-hybridized carbons (Fsp3) is 0.538. The molecular weight excluding hydrogens is 212 g/mol. The fourth-order valence-electron chi connectivity index (χ4n) is 1.76. The van der Waals surface area contributed by atoms with Crippen LogP contribution in [0.3, 0.4) is 0 Å². The summed E-state index contributed by atoms with van der Waals surface area (Å²) in [7, 11) is 0. The fourth-order valence-corrected chi connectivity index (χ4v) is 1.76. The van der Waals surface area contributed by atoms with Crippen LogP contribution >= 0.6 is 0 Å². The van der Waals surface area contributed by atoms with Gasteiger partial charge in [-0.05, 0) is 31.9 Å². The van der Waals surface area contributed by atoms with Crippen molar-refractivity contribution in [3.8, 4) is 6.07 Å². The van der Waals surface area contributed by atoms with Gasteiger partial charge in [-0.1, -0.05) is 13.8 Å². The lowest BCUT2D eigenvalue weighted by molar-refractivity contribution is 0.443. The molecule has 0 aromatic carbocycles. The molecule has 4 heteroatoms. The highest BCUT2D eigenvalue weighted by atomic mass is 15.1. The summed E-state index contributed by atoms with van der Waals surface area (Å²) in [5, 5.41) is 12.4. The maximum Gasteiger partial charge on any atom is 0.144 e. The molecular formula is C13H20N4. The molecule has 0 aliphatic rings. The Kier molecular flexibility index (Phi) is 4.47. The Bertz CT molecular complexity index is 408. The van der Waals surface area contributed by atoms with Crippen LogP contribution in [0.5, 0.6) is 0 Å². The lowest BCUT2D eigenvalue weighted by atomic mass is 9.92. The summed E-state index contributed by atoms with van der Waals surface area (Å²) < 4.78 is 0. The van der Waals surface area contributed by atoms with Crippen LogP contribution in [0.25, 0.3) is 0 Å². The first-order valence-electron chi connectivity index (χ1n) is 5.96. The third-order valence-corrected chi connectivity index (χ3v) is 3.28. The highest BCUT2D eigenvalue weighted by molar-refractivity contribution is 5.53. The van der Waals surface area contributed by atoms with Gasteiger partial charge in [0.15, 0.2) is 0 Å². The molecule has 0 saturated heterocycles. The maximum atomic E-state index is 9.06. The second-order valence-corrected chi connectivity index (χ2v) is 4.28. The van der Waals surface area contributed by atoms with Crippen molar-refractivity contribution >= 4 is 5.82 Å². The number of pyridine rings is 1. The minimum atomic E-state index is -0.174. The Labute approximate surface area is 103 Å². The summed E-state index contributed by atoms with van der Waals surface area (Å²) in [6.07, 6.45) is 1.81. The smallest absolute Gasteiger partial charge is 0.144 e. The molecule has 0 aliphatic carbocycles. The van der Waals surface area contributed by atoms with Gasteiger partial charge in [-0.2, -0.15) is 5.26 Å². The predicted molar refractivity (Wildman–Crippen MR) is 69.7 cm³/mol. The quantitative estimate of drug-likeness (QED) is 0.816. The first kappa shape index (κ1) is 13.5. The van der Waals surface area contributed by atoms with E-state index in [1.165, 1.54) is 0 Å². The minimum Gasteiger partial charge on any atom is -0.362 e. The summed E-state index contributed by atoms with van der Waals surface area (Å²) in [6.45, 7) is 6.62. The Morgan fingerprint density at radius 1 is 1.41 bits per heavy atom. The monoisotopic (exact) mass is 232 g/mol. The molecule has 1 aromatic rings. The zero-order valence-electron chi connectivity index (χ0n) is 10.7. The largest absolute Gasteiger partial charge is 0.362 e. The van der Waals surface area contributed by atoms with Crippen LogP contribution in [0.4, 0.5) is 5.82 Å². The van der Waals surface area contributed by atoms with Gasteiger partial charge in [-0.3, -0.25) is 0 Å². The van der Waals surface area contributed by atoms with Gasteiger partial charge in [0.25, 0.3) is 0 Å². The van der Waals surface area contributed by atoms with Crippen LogP contribution in [0.1, 0.15) is 37.9 Å². The molecule has 0 amide bonds. The van der Waals surface area contributed by atoms with Crippen molar-refractivity contribution < 1.29 is 0 Å². The molecule has 1 rings (SSSR count). The molecule has 0 fully saturated rings. The average Bonchev–Trinajstić information content (AvgIpc) is 2.36. The highest BCUT2D eigenvalue weighted by Gasteiger charge is 2.25. The Morgan fingerprint density at radius 3 is 2.53 bits per heavy atom. The maximum absolute atomic E-state index is 9.06. The van der Waals surface area contributed by atoms with E-state index in [1.54, 1.807) is 6.07 Å². The second kappa shape index (κ2) is 5.65. The van der Waals surface area contributed by atoms with Crippen molar-refractivity contribution in [1.82, 2.24) is 4.98 Å². The minimum absolute atomic E-state index is 0.174. The second-order valence-electron chi connectivity index (χ2n) is 4.28. The molecule has 0 saturated carbocycles. The molecule has 1 aromatic heterocycles. The van der Waals surface area contributed by atoms with Crippen LogP contribution in [-0.2, 0) is 0 Å². The van der Waals surface area contributed by atoms with E-state index in [4.69, 9.17) is 11.0 Å². The van der Waals surface area contributed by atoms with Crippen molar-refractivity contribution in [2.45, 2.75) is 39.2 Å². The number of hydrogen-bond donors (Lipinski definition) is 2. The number of aromatic nitrogens is 1. The van der Waals surface area contributed by atoms with Crippen molar-refractivity contribution in [1.29, 1.82) is 5.26 Å². The van der Waals surface area contributed by atoms with E-state index >= 15 is 0 Å². The zero-order valence-corrected chi connectivity index (χ0v) is 10.7. The third kappa shape index (κ3) is 2.95. The Morgan fingerprint density at radius 2 is 2.06 bits per heavy atom. The third-order valence-electron chi connectivity index (χ3n) is 3.28. The van der Waals surface area contributed by atoms with E-state index in [9.17, 15) is 0 Å². The van der Waals surface area contributed by atoms with Crippen LogP contribution < -0.4 is 11.1 Å². The van der Waals surface area contributed by atoms with E-state index in [0.717, 1.165) is 18.5 Å². The summed E-state index contributed by atoms with van der Waals surface area (Å²) in [6, 6.07) is 5.78. The van der Waals surface area contributed by atoms with E-state index in [1.807, 2.05) is 13.0 Å². The van der Waals surface area contributed by atoms with Gasteiger partial charge in [-0.15, -0.1) is 0 Å². The van der Waals surface area contributed by atoms with Crippen molar-refractivity contribution in [3.05, 3.63) is 23.4 Å². The lowest BCUT2D eigenvalue weighted by Gasteiger charge is -2.32. The topological polar surface area (TPSA) is 74.7 Å². The number of hydrogen-bond acceptors (Lipinski definition) is 4. The molecule has 0 aliphatic heterocycles. The van der Waals surface area contributed by atoms with Gasteiger partial charge in [0.2, 0.25) is 0 Å². The zero-order chi connectivity index (χ0) is 12.9. The van der Waals surface area contributed by atoms with E-state index in [0.29, 0.717) is 17.9 Å². The van der Waals surface area contributed by atoms with Gasteiger partial charge >= 0.3 is 0 Å². The molecule has 1 heterocycles. The number of nitrogens with two attached hydrogens (primary N) is 1. The van der Waals surface area contributed by atoms with Gasteiger partial charge in [0.1, 0.15) is 11.9 Å². The molecule has 3 N–H and O–H groups in total. The number of aryl methyl sites for hydroxylation is 1. The van der Waals surface area contributed by atoms with Crippen LogP contribution in [0, 0.1) is 18.3 Å². The van der Waals surface area contributed by atoms with E-state index < -0.39 is 0 Å². The number of nitrogens with zero attached hydrogens (tertiary/aromatic N) is 2. The molecule has 4 nitrogen and oxygen atoms in total. The van der Waals surface area contributed by atoms with E-state index in [2.05, 4.69) is 30.2 Å². The van der Waals surface area contributed by atoms with Crippen LogP contribution in [0.2, 0.25) is 0 Å². The number of nitrogens with one attached hydrogen (secondary N) is 1. The van der Waals surface area contributed by atoms with E-state index in [-0.39, 0.29) is 5.54 Å². The molecule has 92 valence electrons. The van der Waals surface area contributed by atoms with Crippen LogP contribution in [-0.4, -0.2) is 17.1 Å². The highest BCUT2D eigenvalue weighted by Crippen LogP contribution is 2.22. The Balaban J connectivity index is 3.09. The number of rotatable bonds is 5. The van der Waals surface area contributed by atoms with Crippen LogP contribution in [0.15, 0.2) is 12.1 Å². The van der Waals surface area contributed by atoms with Gasteiger partial charge < -0.3 is 11.1 Å². The molecule has 17 heavy (non-hydrogen) atoms. The average molecular weight is 232 g/mol. The number of anilines is 1. The van der Waals surface area contributed by atoms with Gasteiger partial charge in [0.05, 0.1) is 11.1 Å². The molecule has 0 radical (unpaired) electrons. The number of nitriles is 1. The lowest BCUT2D eigenvalue weighted by Crippen LogP contribution is -2.44. The predicted octanol–water partition coefficient (Wildman–Crippen LogP) is 2.19. The molecule has 0 spiro atoms. The van der Waals surface area contributed by atoms with Crippen molar-refractivity contribution in [2.24, 2.45) is 5.73 Å². The SMILES string of the molecule is CCC(CC)(CN)Nc1nc(C)ccc1C#N. The molecule has 0 bridgehead atoms. The first-order valence-corrected chi connectivity index (χ1v) is 5.96. The summed E-state index contributed by atoms with van der Waals surface area (Å²) in [5.74, 6) is 0.640. The molecule has 0 atom stereocenters. The van der Waals surface area contributed by atoms with Crippen molar-refractivity contribution in [2.75, 3.05) is 11.9 Å². The standard InChI is InChI=1S/C13H20N4/c1-4-13(5-2,9-15)17-12-11(8-14)7-6-10(3)16-12/h6-7H,4-5,9,15H2,1-3H3,(H,16,17). The summed E-state index contributed by atoms with van der Waals surface area (Å²) in [4.78, 5) is 4.38. The van der Waals surface area contributed by atoms with Crippen molar-refractivity contribution in [3.63, 3.8) is 0 Å². The normalized spacial score (nSPS) is 11.0. The summed E-state index contributed by atoms with van der Waals surface area (Å²) in [5.41, 5.74) is 7.12. The summed E-state index contributed by atoms with van der Waals surface area (Å²) >= 11 is 0. The first-order chi connectivity index (χ1) is 8.10. The van der Waals surface area contributed by atoms with Gasteiger partial charge in [-0.25, -0.2) is 4.98 Å².